The summed E-state index contributed by atoms with van der Waals surface area (Å²) in [5.41, 5.74) is 0. The van der Waals surface area contributed by atoms with E-state index in [1.165, 1.54) is 128 Å². The molecule has 0 heterocycles. The summed E-state index contributed by atoms with van der Waals surface area (Å²) in [5, 5.41) is 0. The van der Waals surface area contributed by atoms with Gasteiger partial charge in [-0.2, -0.15) is 0 Å². The van der Waals surface area contributed by atoms with E-state index in [4.69, 9.17) is 14.2 Å². The van der Waals surface area contributed by atoms with E-state index in [1.807, 2.05) is 0 Å². The molecule has 0 rings (SSSR count). The summed E-state index contributed by atoms with van der Waals surface area (Å²) in [6.45, 7) is 6.50. The lowest BCUT2D eigenvalue weighted by molar-refractivity contribution is -0.167. The van der Waals surface area contributed by atoms with E-state index in [0.717, 1.165) is 109 Å². The Morgan fingerprint density at radius 3 is 0.969 bits per heavy atom. The first kappa shape index (κ1) is 62.1. The van der Waals surface area contributed by atoms with Gasteiger partial charge < -0.3 is 14.2 Å². The normalized spacial score (nSPS) is 12.5. The molecule has 376 valence electrons. The van der Waals surface area contributed by atoms with Crippen LogP contribution in [-0.4, -0.2) is 37.2 Å². The third-order valence-corrected chi connectivity index (χ3v) is 12.0. The molecule has 1 atom stereocenters. The molecule has 0 aliphatic rings. The van der Waals surface area contributed by atoms with E-state index in [-0.39, 0.29) is 31.1 Å². The maximum atomic E-state index is 12.8. The largest absolute Gasteiger partial charge is 0.462 e. The predicted octanol–water partition coefficient (Wildman–Crippen LogP) is 18.4. The highest BCUT2D eigenvalue weighted by atomic mass is 16.6. The number of carbonyl (C=O) groups excluding carboxylic acids is 3. The van der Waals surface area contributed by atoms with E-state index in [0.29, 0.717) is 19.3 Å². The molecule has 0 aliphatic heterocycles. The van der Waals surface area contributed by atoms with Gasteiger partial charge in [0, 0.05) is 19.3 Å². The number of carbonyl (C=O) groups is 3. The fraction of sp³-hybridized carbons (Fsp3) is 0.780. The van der Waals surface area contributed by atoms with Gasteiger partial charge in [0.15, 0.2) is 6.10 Å². The van der Waals surface area contributed by atoms with Gasteiger partial charge in [0.2, 0.25) is 0 Å². The Morgan fingerprint density at radius 2 is 0.600 bits per heavy atom. The minimum absolute atomic E-state index is 0.0816. The van der Waals surface area contributed by atoms with Gasteiger partial charge in [0.25, 0.3) is 0 Å². The molecule has 0 fully saturated rings. The molecule has 0 saturated carbocycles. The van der Waals surface area contributed by atoms with Crippen LogP contribution in [0.5, 0.6) is 0 Å². The van der Waals surface area contributed by atoms with Crippen molar-refractivity contribution in [2.45, 2.75) is 284 Å². The molecular weight excluding hydrogens is 805 g/mol. The first-order valence-electron chi connectivity index (χ1n) is 27.8. The highest BCUT2D eigenvalue weighted by Crippen LogP contribution is 2.16. The molecule has 0 aromatic heterocycles. The summed E-state index contributed by atoms with van der Waals surface area (Å²) in [4.78, 5) is 38.1. The van der Waals surface area contributed by atoms with Crippen LogP contribution in [0.15, 0.2) is 60.8 Å². The topological polar surface area (TPSA) is 78.9 Å². The fourth-order valence-electron chi connectivity index (χ4n) is 7.84. The SMILES string of the molecule is CC/C=C\C/C=C\C/C=C\CCCCCCCC(=O)OC(COC(=O)CCCCCCCCC/C=C\C/C=C\CCCCC)COC(=O)CCCCCCCCCCCCCCCCC. The van der Waals surface area contributed by atoms with E-state index in [9.17, 15) is 14.4 Å². The molecule has 0 spiro atoms. The van der Waals surface area contributed by atoms with Crippen LogP contribution in [-0.2, 0) is 28.6 Å². The van der Waals surface area contributed by atoms with Gasteiger partial charge >= 0.3 is 17.9 Å². The molecule has 1 unspecified atom stereocenters. The van der Waals surface area contributed by atoms with E-state index < -0.39 is 6.10 Å². The molecule has 0 aliphatic carbocycles. The zero-order valence-corrected chi connectivity index (χ0v) is 43.0. The Morgan fingerprint density at radius 1 is 0.323 bits per heavy atom. The minimum atomic E-state index is -0.784. The van der Waals surface area contributed by atoms with Gasteiger partial charge in [-0.3, -0.25) is 14.4 Å². The second kappa shape index (κ2) is 53.7. The molecule has 0 bridgehead atoms. The molecule has 0 amide bonds. The van der Waals surface area contributed by atoms with Crippen molar-refractivity contribution in [3.05, 3.63) is 60.8 Å². The van der Waals surface area contributed by atoms with Crippen LogP contribution in [0.2, 0.25) is 0 Å². The zero-order valence-electron chi connectivity index (χ0n) is 43.0. The number of unbranched alkanes of at least 4 members (excludes halogenated alkanes) is 29. The first-order chi connectivity index (χ1) is 32.0. The highest BCUT2D eigenvalue weighted by Gasteiger charge is 2.19. The van der Waals surface area contributed by atoms with Crippen molar-refractivity contribution >= 4 is 17.9 Å². The van der Waals surface area contributed by atoms with Gasteiger partial charge in [-0.15, -0.1) is 0 Å². The summed E-state index contributed by atoms with van der Waals surface area (Å²) in [7, 11) is 0. The second-order valence-corrected chi connectivity index (χ2v) is 18.5. The molecule has 0 saturated heterocycles. The predicted molar refractivity (Wildman–Crippen MR) is 279 cm³/mol. The van der Waals surface area contributed by atoms with Crippen molar-refractivity contribution < 1.29 is 28.6 Å². The zero-order chi connectivity index (χ0) is 47.2. The molecular formula is C59H104O6. The average Bonchev–Trinajstić information content (AvgIpc) is 3.30. The molecule has 0 aromatic carbocycles. The molecule has 65 heavy (non-hydrogen) atoms. The highest BCUT2D eigenvalue weighted by molar-refractivity contribution is 5.71. The maximum Gasteiger partial charge on any atom is 0.306 e. The van der Waals surface area contributed by atoms with E-state index in [2.05, 4.69) is 81.5 Å². The Bertz CT molecular complexity index is 1180. The summed E-state index contributed by atoms with van der Waals surface area (Å²) in [6, 6.07) is 0. The van der Waals surface area contributed by atoms with Crippen LogP contribution in [0.3, 0.4) is 0 Å². The van der Waals surface area contributed by atoms with Gasteiger partial charge in [-0.05, 0) is 83.5 Å². The molecule has 0 aromatic rings. The smallest absolute Gasteiger partial charge is 0.306 e. The Balaban J connectivity index is 4.40. The van der Waals surface area contributed by atoms with Gasteiger partial charge in [-0.25, -0.2) is 0 Å². The average molecular weight is 909 g/mol. The molecule has 0 radical (unpaired) electrons. The number of esters is 3. The van der Waals surface area contributed by atoms with Crippen LogP contribution in [0.4, 0.5) is 0 Å². The molecule has 6 heteroatoms. The van der Waals surface area contributed by atoms with Gasteiger partial charge in [0.05, 0.1) is 0 Å². The third-order valence-electron chi connectivity index (χ3n) is 12.0. The van der Waals surface area contributed by atoms with Crippen LogP contribution < -0.4 is 0 Å². The number of ether oxygens (including phenoxy) is 3. The van der Waals surface area contributed by atoms with Crippen molar-refractivity contribution in [3.8, 4) is 0 Å². The van der Waals surface area contributed by atoms with Gasteiger partial charge in [0.1, 0.15) is 13.2 Å². The summed E-state index contributed by atoms with van der Waals surface area (Å²) >= 11 is 0. The first-order valence-corrected chi connectivity index (χ1v) is 27.8. The minimum Gasteiger partial charge on any atom is -0.462 e. The van der Waals surface area contributed by atoms with E-state index >= 15 is 0 Å². The third kappa shape index (κ3) is 51.9. The van der Waals surface area contributed by atoms with Crippen molar-refractivity contribution in [3.63, 3.8) is 0 Å². The molecule has 0 N–H and O–H groups in total. The molecule has 6 nitrogen and oxygen atoms in total. The Hall–Kier alpha value is -2.89. The Kier molecular flexibility index (Phi) is 51.3. The van der Waals surface area contributed by atoms with Crippen LogP contribution >= 0.6 is 0 Å². The monoisotopic (exact) mass is 909 g/mol. The lowest BCUT2D eigenvalue weighted by Gasteiger charge is -2.18. The fourth-order valence-corrected chi connectivity index (χ4v) is 7.84. The van der Waals surface area contributed by atoms with Crippen LogP contribution in [0.25, 0.3) is 0 Å². The standard InChI is InChI=1S/C59H104O6/c1-4-7-10-13-16-19-22-25-28-29-32-34-37-40-43-46-49-52-58(61)64-55-56(65-59(62)53-50-47-44-41-38-35-31-27-24-21-18-15-12-9-6-3)54-63-57(60)51-48-45-42-39-36-33-30-26-23-20-17-14-11-8-5-2/h9,12,16,18-19,21,25,27-28,31,56H,4-8,10-11,13-15,17,20,22-24,26,29-30,32-55H2,1-3H3/b12-9-,19-16-,21-18-,28-25-,31-27-. The van der Waals surface area contributed by atoms with Crippen molar-refractivity contribution in [2.75, 3.05) is 13.2 Å². The lowest BCUT2D eigenvalue weighted by Crippen LogP contribution is -2.30. The number of allylic oxidation sites excluding steroid dienone is 10. The Labute approximate surface area is 402 Å². The van der Waals surface area contributed by atoms with E-state index in [1.54, 1.807) is 0 Å². The quantitative estimate of drug-likeness (QED) is 0.0262. The summed E-state index contributed by atoms with van der Waals surface area (Å²) < 4.78 is 16.8. The number of hydrogen-bond acceptors (Lipinski definition) is 6. The number of hydrogen-bond donors (Lipinski definition) is 0. The number of rotatable bonds is 50. The van der Waals surface area contributed by atoms with Crippen molar-refractivity contribution in [1.82, 2.24) is 0 Å². The summed E-state index contributed by atoms with van der Waals surface area (Å²) in [6.07, 6.45) is 66.3. The summed E-state index contributed by atoms with van der Waals surface area (Å²) in [5.74, 6) is -0.897. The van der Waals surface area contributed by atoms with Crippen LogP contribution in [0, 0.1) is 0 Å². The van der Waals surface area contributed by atoms with Gasteiger partial charge in [-0.1, -0.05) is 236 Å². The van der Waals surface area contributed by atoms with Crippen molar-refractivity contribution in [1.29, 1.82) is 0 Å². The van der Waals surface area contributed by atoms with Crippen molar-refractivity contribution in [2.24, 2.45) is 0 Å². The lowest BCUT2D eigenvalue weighted by atomic mass is 10.0. The van der Waals surface area contributed by atoms with Crippen LogP contribution in [0.1, 0.15) is 278 Å². The maximum absolute atomic E-state index is 12.8. The second-order valence-electron chi connectivity index (χ2n) is 18.5.